The first-order chi connectivity index (χ1) is 27.7. The third-order valence-electron chi connectivity index (χ3n) is 8.85. The summed E-state index contributed by atoms with van der Waals surface area (Å²) >= 11 is 1.10. The Morgan fingerprint density at radius 1 is 0.440 bits per heavy atom. The molecule has 0 aliphatic rings. The lowest BCUT2D eigenvalue weighted by Gasteiger charge is -2.11. The molecule has 0 bridgehead atoms. The van der Waals surface area contributed by atoms with Crippen molar-refractivity contribution in [2.24, 2.45) is 0 Å². The fourth-order valence-corrected chi connectivity index (χ4v) is 7.53. The maximum absolute atomic E-state index is 9.07. The molecule has 0 atom stereocenters. The molecule has 0 saturated heterocycles. The average Bonchev–Trinajstić information content (AvgIpc) is 3.84. The molecule has 3 heterocycles. The zero-order valence-electron chi connectivity index (χ0n) is 33.2. The number of fused-ring (bicyclic) bond motifs is 6. The largest absolute Gasteiger partial charge is 0.456 e. The highest BCUT2D eigenvalue weighted by Crippen LogP contribution is 2.41. The maximum Gasteiger partial charge on any atom is 0.164 e. The Bertz CT molecular complexity index is 3290. The lowest BCUT2D eigenvalue weighted by Crippen LogP contribution is -2.00. The predicted molar refractivity (Wildman–Crippen MR) is 207 cm³/mol. The molecule has 7 aromatic carbocycles. The van der Waals surface area contributed by atoms with Crippen LogP contribution in [0.2, 0.25) is 0 Å². The molecule has 0 amide bonds. The molecular weight excluding hydrogens is 631 g/mol. The number of benzene rings is 7. The van der Waals surface area contributed by atoms with Gasteiger partial charge in [-0.1, -0.05) is 127 Å². The molecule has 10 rings (SSSR count). The minimum absolute atomic E-state index is 0.180. The molecular formula is C45H27N3OS. The lowest BCUT2D eigenvalue weighted by molar-refractivity contribution is 0.669. The highest BCUT2D eigenvalue weighted by Gasteiger charge is 2.17. The van der Waals surface area contributed by atoms with Crippen LogP contribution in [-0.4, -0.2) is 15.0 Å². The van der Waals surface area contributed by atoms with Crippen molar-refractivity contribution in [1.82, 2.24) is 15.0 Å². The first-order valence-electron chi connectivity index (χ1n) is 19.5. The van der Waals surface area contributed by atoms with Crippen LogP contribution in [0.4, 0.5) is 0 Å². The molecule has 234 valence electrons. The van der Waals surface area contributed by atoms with E-state index in [4.69, 9.17) is 29.0 Å². The number of para-hydroxylation sites is 1. The molecule has 0 aliphatic carbocycles. The molecule has 10 aromatic rings. The molecule has 0 unspecified atom stereocenters. The summed E-state index contributed by atoms with van der Waals surface area (Å²) < 4.78 is 67.5. The van der Waals surface area contributed by atoms with Crippen LogP contribution < -0.4 is 0 Å². The highest BCUT2D eigenvalue weighted by atomic mass is 32.1. The Labute approximate surface area is 301 Å². The molecule has 5 heteroatoms. The zero-order chi connectivity index (χ0) is 39.1. The van der Waals surface area contributed by atoms with E-state index in [2.05, 4.69) is 12.1 Å². The third-order valence-corrected chi connectivity index (χ3v) is 9.97. The maximum atomic E-state index is 9.07. The van der Waals surface area contributed by atoms with Crippen molar-refractivity contribution < 1.29 is 14.0 Å². The summed E-state index contributed by atoms with van der Waals surface area (Å²) in [5.41, 5.74) is 6.57. The second-order valence-corrected chi connectivity index (χ2v) is 12.9. The van der Waals surface area contributed by atoms with E-state index in [0.717, 1.165) is 49.9 Å². The van der Waals surface area contributed by atoms with E-state index in [9.17, 15) is 0 Å². The smallest absolute Gasteiger partial charge is 0.164 e. The normalized spacial score (nSPS) is 13.6. The molecule has 0 aliphatic heterocycles. The highest BCUT2D eigenvalue weighted by molar-refractivity contribution is 7.26. The van der Waals surface area contributed by atoms with E-state index in [0.29, 0.717) is 44.4 Å². The van der Waals surface area contributed by atoms with Gasteiger partial charge in [-0.05, 0) is 58.6 Å². The number of hydrogen-bond acceptors (Lipinski definition) is 5. The van der Waals surface area contributed by atoms with Gasteiger partial charge in [-0.25, -0.2) is 15.0 Å². The molecule has 0 radical (unpaired) electrons. The fraction of sp³-hybridized carbons (Fsp3) is 0. The first kappa shape index (κ1) is 22.3. The van der Waals surface area contributed by atoms with Crippen LogP contribution in [0.5, 0.6) is 0 Å². The van der Waals surface area contributed by atoms with Crippen LogP contribution >= 0.6 is 11.3 Å². The summed E-state index contributed by atoms with van der Waals surface area (Å²) in [5.74, 6) is 1.25. The van der Waals surface area contributed by atoms with Crippen molar-refractivity contribution in [1.29, 1.82) is 0 Å². The van der Waals surface area contributed by atoms with Crippen molar-refractivity contribution in [3.05, 3.63) is 164 Å². The molecule has 0 saturated carbocycles. The quantitative estimate of drug-likeness (QED) is 0.184. The Morgan fingerprint density at radius 2 is 1.06 bits per heavy atom. The summed E-state index contributed by atoms with van der Waals surface area (Å²) in [6.07, 6.45) is 0. The van der Waals surface area contributed by atoms with Gasteiger partial charge in [-0.15, -0.1) is 11.3 Å². The first-order valence-corrected chi connectivity index (χ1v) is 16.8. The second kappa shape index (κ2) is 11.6. The van der Waals surface area contributed by atoms with E-state index < -0.39 is 6.04 Å². The SMILES string of the molecule is [2H]c1c([2H])c([2H])c2c(sc3c(-c4cccc(-c5nc(-c6cccc(-c7ccccc7)c6)nc(-c6ccc7c(c6)oc6ccccc67)n5)c4)c([2H])c([2H])c([2H])c32)c1[2H]. The van der Waals surface area contributed by atoms with E-state index in [1.165, 1.54) is 0 Å². The van der Waals surface area contributed by atoms with Crippen LogP contribution in [0, 0.1) is 0 Å². The zero-order valence-corrected chi connectivity index (χ0v) is 27.0. The lowest BCUT2D eigenvalue weighted by atomic mass is 10.0. The monoisotopic (exact) mass is 664 g/mol. The van der Waals surface area contributed by atoms with Gasteiger partial charge in [0.15, 0.2) is 17.5 Å². The van der Waals surface area contributed by atoms with Gasteiger partial charge < -0.3 is 4.42 Å². The van der Waals surface area contributed by atoms with Gasteiger partial charge in [0.05, 0.1) is 9.60 Å². The van der Waals surface area contributed by atoms with Gasteiger partial charge in [0.25, 0.3) is 0 Å². The number of rotatable bonds is 5. The van der Waals surface area contributed by atoms with Crippen LogP contribution in [0.15, 0.2) is 168 Å². The van der Waals surface area contributed by atoms with Crippen LogP contribution in [-0.2, 0) is 0 Å². The molecule has 0 spiro atoms. The van der Waals surface area contributed by atoms with E-state index in [1.807, 2.05) is 103 Å². The van der Waals surface area contributed by atoms with Crippen LogP contribution in [0.1, 0.15) is 9.60 Å². The molecule has 3 aromatic heterocycles. The summed E-state index contributed by atoms with van der Waals surface area (Å²) in [5, 5.41) is 2.40. The van der Waals surface area contributed by atoms with Crippen molar-refractivity contribution >= 4 is 53.4 Å². The van der Waals surface area contributed by atoms with Gasteiger partial charge in [0.2, 0.25) is 0 Å². The van der Waals surface area contributed by atoms with Gasteiger partial charge in [0.1, 0.15) is 11.2 Å². The Balaban J connectivity index is 1.18. The molecule has 4 nitrogen and oxygen atoms in total. The van der Waals surface area contributed by atoms with Crippen molar-refractivity contribution in [3.63, 3.8) is 0 Å². The number of hydrogen-bond donors (Lipinski definition) is 0. The molecule has 0 fully saturated rings. The minimum Gasteiger partial charge on any atom is -0.456 e. The average molecular weight is 665 g/mol. The third kappa shape index (κ3) is 4.87. The minimum atomic E-state index is -0.410. The van der Waals surface area contributed by atoms with Crippen molar-refractivity contribution in [2.45, 2.75) is 0 Å². The van der Waals surface area contributed by atoms with Crippen LogP contribution in [0.3, 0.4) is 0 Å². The van der Waals surface area contributed by atoms with Gasteiger partial charge in [-0.2, -0.15) is 0 Å². The Morgan fingerprint density at radius 3 is 1.88 bits per heavy atom. The van der Waals surface area contributed by atoms with Gasteiger partial charge >= 0.3 is 0 Å². The van der Waals surface area contributed by atoms with Crippen LogP contribution in [0.25, 0.3) is 98.5 Å². The van der Waals surface area contributed by atoms with E-state index in [1.54, 1.807) is 6.07 Å². The van der Waals surface area contributed by atoms with Gasteiger partial charge in [-0.3, -0.25) is 0 Å². The standard InChI is InChI=1S/C45H27N3OS/c1-2-11-28(12-3-1)29-13-8-15-31(25-29)43-46-44(48-45(47-43)33-23-24-36-35-17-4-6-21-39(35)49-40(36)27-33)32-16-9-14-30(26-32)34-19-10-20-38-37-18-5-7-22-41(37)50-42(34)38/h1-27H/i5D,7D,10D,18D,19D,20D,22D. The Hall–Kier alpha value is -6.43. The number of nitrogens with zero attached hydrogens (tertiary/aromatic N) is 3. The molecule has 0 N–H and O–H groups in total. The number of aromatic nitrogens is 3. The summed E-state index contributed by atoms with van der Waals surface area (Å²) in [7, 11) is 0. The Kier molecular flexibility index (Phi) is 5.17. The summed E-state index contributed by atoms with van der Waals surface area (Å²) in [4.78, 5) is 15.0. The van der Waals surface area contributed by atoms with Crippen molar-refractivity contribution in [2.75, 3.05) is 0 Å². The number of furan rings is 1. The van der Waals surface area contributed by atoms with Gasteiger partial charge in [0, 0.05) is 47.6 Å². The summed E-state index contributed by atoms with van der Waals surface area (Å²) in [6, 6.07) is 37.2. The fourth-order valence-electron chi connectivity index (χ4n) is 6.44. The topological polar surface area (TPSA) is 51.8 Å². The predicted octanol–water partition coefficient (Wildman–Crippen LogP) is 12.5. The van der Waals surface area contributed by atoms with E-state index in [-0.39, 0.29) is 51.7 Å². The molecule has 50 heavy (non-hydrogen) atoms. The van der Waals surface area contributed by atoms with E-state index >= 15 is 0 Å². The second-order valence-electron chi connectivity index (χ2n) is 11.9. The summed E-state index contributed by atoms with van der Waals surface area (Å²) in [6.45, 7) is 0. The van der Waals surface area contributed by atoms with Crippen molar-refractivity contribution in [3.8, 4) is 56.4 Å². The number of thiophene rings is 1.